The zero-order valence-corrected chi connectivity index (χ0v) is 10.2. The van der Waals surface area contributed by atoms with Crippen LogP contribution in [0.4, 0.5) is 0 Å². The monoisotopic (exact) mass is 269 g/mol. The first-order chi connectivity index (χ1) is 8.49. The Morgan fingerprint density at radius 2 is 2.11 bits per heavy atom. The lowest BCUT2D eigenvalue weighted by Crippen LogP contribution is -2.29. The molecule has 1 aliphatic rings. The van der Waals surface area contributed by atoms with Gasteiger partial charge < -0.3 is 15.1 Å². The van der Waals surface area contributed by atoms with E-state index in [9.17, 15) is 14.7 Å². The van der Waals surface area contributed by atoms with Gasteiger partial charge in [-0.3, -0.25) is 9.59 Å². The van der Waals surface area contributed by atoms with E-state index in [1.165, 1.54) is 23.1 Å². The highest BCUT2D eigenvalue weighted by Gasteiger charge is 2.32. The van der Waals surface area contributed by atoms with Gasteiger partial charge in [-0.25, -0.2) is 0 Å². The standard InChI is InChI=1S/C12H12ClNO4/c13-8-1-2-9(10(15)5-8)11(16)14-4-3-7(6-14)12(17)18/h1-2,5,7,15H,3-4,6H2,(H,17,18). The number of carbonyl (C=O) groups excluding carboxylic acids is 1. The molecule has 1 amide bonds. The Morgan fingerprint density at radius 3 is 2.67 bits per heavy atom. The van der Waals surface area contributed by atoms with Gasteiger partial charge in [0.25, 0.3) is 5.91 Å². The number of halogens is 1. The quantitative estimate of drug-likeness (QED) is 0.855. The summed E-state index contributed by atoms with van der Waals surface area (Å²) in [7, 11) is 0. The van der Waals surface area contributed by atoms with Crippen molar-refractivity contribution in [3.05, 3.63) is 28.8 Å². The molecular weight excluding hydrogens is 258 g/mol. The summed E-state index contributed by atoms with van der Waals surface area (Å²) < 4.78 is 0. The summed E-state index contributed by atoms with van der Waals surface area (Å²) in [6.07, 6.45) is 0.440. The molecule has 1 heterocycles. The maximum absolute atomic E-state index is 12.1. The number of phenols is 1. The molecule has 0 aliphatic carbocycles. The average Bonchev–Trinajstić information content (AvgIpc) is 2.77. The summed E-state index contributed by atoms with van der Waals surface area (Å²) in [4.78, 5) is 24.3. The first-order valence-corrected chi connectivity index (χ1v) is 5.87. The Hall–Kier alpha value is -1.75. The second kappa shape index (κ2) is 4.86. The number of rotatable bonds is 2. The largest absolute Gasteiger partial charge is 0.507 e. The maximum Gasteiger partial charge on any atom is 0.308 e. The number of carboxylic acid groups (broad SMARTS) is 1. The van der Waals surface area contributed by atoms with Crippen LogP contribution in [0.2, 0.25) is 5.02 Å². The molecule has 1 unspecified atom stereocenters. The van der Waals surface area contributed by atoms with E-state index in [1.54, 1.807) is 0 Å². The van der Waals surface area contributed by atoms with Gasteiger partial charge in [0.2, 0.25) is 0 Å². The molecule has 1 saturated heterocycles. The molecule has 0 radical (unpaired) electrons. The fourth-order valence-electron chi connectivity index (χ4n) is 2.00. The lowest BCUT2D eigenvalue weighted by atomic mass is 10.1. The maximum atomic E-state index is 12.1. The number of carbonyl (C=O) groups is 2. The summed E-state index contributed by atoms with van der Waals surface area (Å²) in [6, 6.07) is 4.24. The average molecular weight is 270 g/mol. The summed E-state index contributed by atoms with van der Waals surface area (Å²) in [5.41, 5.74) is 0.144. The van der Waals surface area contributed by atoms with Crippen molar-refractivity contribution in [3.8, 4) is 5.75 Å². The molecule has 1 aromatic rings. The van der Waals surface area contributed by atoms with Gasteiger partial charge in [0.15, 0.2) is 0 Å². The molecule has 5 nitrogen and oxygen atoms in total. The summed E-state index contributed by atoms with van der Waals surface area (Å²) in [5.74, 6) is -1.98. The Balaban J connectivity index is 2.15. The molecular formula is C12H12ClNO4. The van der Waals surface area contributed by atoms with E-state index in [0.717, 1.165) is 0 Å². The van der Waals surface area contributed by atoms with E-state index in [4.69, 9.17) is 16.7 Å². The third kappa shape index (κ3) is 2.41. The summed E-state index contributed by atoms with van der Waals surface area (Å²) >= 11 is 5.68. The first kappa shape index (κ1) is 12.7. The molecule has 1 fully saturated rings. The van der Waals surface area contributed by atoms with Crippen molar-refractivity contribution in [2.75, 3.05) is 13.1 Å². The van der Waals surface area contributed by atoms with Gasteiger partial charge in [-0.05, 0) is 24.6 Å². The zero-order chi connectivity index (χ0) is 13.3. The molecule has 96 valence electrons. The molecule has 1 aromatic carbocycles. The molecule has 2 rings (SSSR count). The Bertz CT molecular complexity index is 503. The molecule has 2 N–H and O–H groups in total. The predicted octanol–water partition coefficient (Wildman–Crippen LogP) is 1.59. The number of amides is 1. The van der Waals surface area contributed by atoms with Gasteiger partial charge in [-0.2, -0.15) is 0 Å². The van der Waals surface area contributed by atoms with Gasteiger partial charge in [-0.1, -0.05) is 11.6 Å². The van der Waals surface area contributed by atoms with Crippen molar-refractivity contribution < 1.29 is 19.8 Å². The van der Waals surface area contributed by atoms with Gasteiger partial charge in [0.1, 0.15) is 5.75 Å². The molecule has 1 atom stereocenters. The minimum atomic E-state index is -0.898. The molecule has 0 aromatic heterocycles. The van der Waals surface area contributed by atoms with Crippen LogP contribution in [-0.2, 0) is 4.79 Å². The van der Waals surface area contributed by atoms with E-state index >= 15 is 0 Å². The molecule has 1 aliphatic heterocycles. The van der Waals surface area contributed by atoms with Crippen LogP contribution in [0, 0.1) is 5.92 Å². The van der Waals surface area contributed by atoms with E-state index in [-0.39, 0.29) is 23.8 Å². The number of nitrogens with zero attached hydrogens (tertiary/aromatic N) is 1. The van der Waals surface area contributed by atoms with Crippen LogP contribution < -0.4 is 0 Å². The predicted molar refractivity (Wildman–Crippen MR) is 64.8 cm³/mol. The van der Waals surface area contributed by atoms with E-state index in [2.05, 4.69) is 0 Å². The van der Waals surface area contributed by atoms with Gasteiger partial charge in [0.05, 0.1) is 11.5 Å². The van der Waals surface area contributed by atoms with Crippen LogP contribution >= 0.6 is 11.6 Å². The highest BCUT2D eigenvalue weighted by Crippen LogP contribution is 2.25. The number of carboxylic acids is 1. The number of hydrogen-bond donors (Lipinski definition) is 2. The third-order valence-electron chi connectivity index (χ3n) is 3.01. The number of phenolic OH excluding ortho intramolecular Hbond substituents is 1. The molecule has 0 saturated carbocycles. The smallest absolute Gasteiger partial charge is 0.308 e. The van der Waals surface area contributed by atoms with Crippen LogP contribution in [0.15, 0.2) is 18.2 Å². The van der Waals surface area contributed by atoms with Crippen molar-refractivity contribution in [2.45, 2.75) is 6.42 Å². The lowest BCUT2D eigenvalue weighted by molar-refractivity contribution is -0.141. The van der Waals surface area contributed by atoms with Crippen LogP contribution in [0.5, 0.6) is 5.75 Å². The second-order valence-electron chi connectivity index (χ2n) is 4.24. The third-order valence-corrected chi connectivity index (χ3v) is 3.25. The number of hydrogen-bond acceptors (Lipinski definition) is 3. The highest BCUT2D eigenvalue weighted by molar-refractivity contribution is 6.30. The summed E-state index contributed by atoms with van der Waals surface area (Å²) in [6.45, 7) is 0.564. The van der Waals surface area contributed by atoms with Gasteiger partial charge >= 0.3 is 5.97 Å². The van der Waals surface area contributed by atoms with Crippen LogP contribution in [-0.4, -0.2) is 40.1 Å². The normalized spacial score (nSPS) is 18.9. The van der Waals surface area contributed by atoms with Crippen molar-refractivity contribution in [1.82, 2.24) is 4.90 Å². The molecule has 0 spiro atoms. The minimum Gasteiger partial charge on any atom is -0.507 e. The van der Waals surface area contributed by atoms with Crippen molar-refractivity contribution in [1.29, 1.82) is 0 Å². The van der Waals surface area contributed by atoms with Crippen molar-refractivity contribution in [3.63, 3.8) is 0 Å². The summed E-state index contributed by atoms with van der Waals surface area (Å²) in [5, 5.41) is 18.9. The van der Waals surface area contributed by atoms with Crippen LogP contribution in [0.25, 0.3) is 0 Å². The molecule has 6 heteroatoms. The molecule has 18 heavy (non-hydrogen) atoms. The number of likely N-dealkylation sites (tertiary alicyclic amines) is 1. The van der Waals surface area contributed by atoms with Crippen LogP contribution in [0.1, 0.15) is 16.8 Å². The highest BCUT2D eigenvalue weighted by atomic mass is 35.5. The van der Waals surface area contributed by atoms with E-state index in [1.807, 2.05) is 0 Å². The SMILES string of the molecule is O=C(O)C1CCN(C(=O)c2ccc(Cl)cc2O)C1. The van der Waals surface area contributed by atoms with Crippen LogP contribution in [0.3, 0.4) is 0 Å². The number of aliphatic carboxylic acids is 1. The Labute approximate surface area is 109 Å². The first-order valence-electron chi connectivity index (χ1n) is 5.49. The van der Waals surface area contributed by atoms with E-state index in [0.29, 0.717) is 18.0 Å². The number of aromatic hydroxyl groups is 1. The second-order valence-corrected chi connectivity index (χ2v) is 4.67. The Morgan fingerprint density at radius 1 is 1.39 bits per heavy atom. The van der Waals surface area contributed by atoms with Crippen molar-refractivity contribution >= 4 is 23.5 Å². The zero-order valence-electron chi connectivity index (χ0n) is 9.47. The fraction of sp³-hybridized carbons (Fsp3) is 0.333. The lowest BCUT2D eigenvalue weighted by Gasteiger charge is -2.16. The molecule has 0 bridgehead atoms. The van der Waals surface area contributed by atoms with Crippen molar-refractivity contribution in [2.24, 2.45) is 5.92 Å². The van der Waals surface area contributed by atoms with E-state index < -0.39 is 11.9 Å². The minimum absolute atomic E-state index is 0.144. The Kier molecular flexibility index (Phi) is 3.43. The van der Waals surface area contributed by atoms with Gasteiger partial charge in [0, 0.05) is 18.1 Å². The number of benzene rings is 1. The topological polar surface area (TPSA) is 77.8 Å². The fourth-order valence-corrected chi connectivity index (χ4v) is 2.17. The van der Waals surface area contributed by atoms with Gasteiger partial charge in [-0.15, -0.1) is 0 Å².